The molecule has 172 valence electrons. The summed E-state index contributed by atoms with van der Waals surface area (Å²) in [5, 5.41) is 6.76. The Labute approximate surface area is 192 Å². The molecule has 4 rings (SSSR count). The van der Waals surface area contributed by atoms with Crippen LogP contribution in [0, 0.1) is 5.92 Å². The highest BCUT2D eigenvalue weighted by Crippen LogP contribution is 2.21. The molecule has 0 bridgehead atoms. The monoisotopic (exact) mass is 448 g/mol. The molecule has 1 aromatic heterocycles. The molecule has 1 aliphatic heterocycles. The number of urea groups is 1. The number of nitrogens with zero attached hydrogens (tertiary/aromatic N) is 1. The van der Waals surface area contributed by atoms with Gasteiger partial charge in [0.2, 0.25) is 5.91 Å². The fourth-order valence-electron chi connectivity index (χ4n) is 4.21. The van der Waals surface area contributed by atoms with Crippen LogP contribution >= 0.6 is 0 Å². The molecular formula is C25H28N4O4. The van der Waals surface area contributed by atoms with Gasteiger partial charge in [0.15, 0.2) is 0 Å². The van der Waals surface area contributed by atoms with E-state index in [0.717, 1.165) is 22.2 Å². The van der Waals surface area contributed by atoms with E-state index in [9.17, 15) is 14.4 Å². The Morgan fingerprint density at radius 1 is 1.06 bits per heavy atom. The number of aromatic amines is 1. The first-order valence-corrected chi connectivity index (χ1v) is 11.1. The average molecular weight is 449 g/mol. The minimum absolute atomic E-state index is 0.174. The van der Waals surface area contributed by atoms with Gasteiger partial charge in [0.05, 0.1) is 7.11 Å². The molecule has 1 atom stereocenters. The molecule has 2 heterocycles. The number of para-hydroxylation sites is 2. The Morgan fingerprint density at radius 2 is 1.76 bits per heavy atom. The second kappa shape index (κ2) is 10.2. The average Bonchev–Trinajstić information content (AvgIpc) is 3.26. The Kier molecular flexibility index (Phi) is 6.92. The summed E-state index contributed by atoms with van der Waals surface area (Å²) >= 11 is 0. The van der Waals surface area contributed by atoms with Gasteiger partial charge in [-0.1, -0.05) is 36.4 Å². The number of amides is 3. The van der Waals surface area contributed by atoms with E-state index < -0.39 is 12.0 Å². The number of benzene rings is 2. The lowest BCUT2D eigenvalue weighted by molar-refractivity contribution is -0.145. The summed E-state index contributed by atoms with van der Waals surface area (Å²) in [6, 6.07) is 16.1. The summed E-state index contributed by atoms with van der Waals surface area (Å²) in [5.74, 6) is -0.928. The van der Waals surface area contributed by atoms with Gasteiger partial charge in [0.25, 0.3) is 0 Å². The number of ether oxygens (including phenoxy) is 1. The van der Waals surface area contributed by atoms with Crippen molar-refractivity contribution in [1.29, 1.82) is 0 Å². The van der Waals surface area contributed by atoms with Crippen molar-refractivity contribution in [2.45, 2.75) is 25.3 Å². The molecule has 1 fully saturated rings. The summed E-state index contributed by atoms with van der Waals surface area (Å²) in [7, 11) is 1.32. The van der Waals surface area contributed by atoms with Crippen LogP contribution < -0.4 is 10.6 Å². The van der Waals surface area contributed by atoms with Gasteiger partial charge in [0, 0.05) is 48.2 Å². The third-order valence-electron chi connectivity index (χ3n) is 6.08. The minimum atomic E-state index is -0.777. The van der Waals surface area contributed by atoms with Gasteiger partial charge in [-0.05, 0) is 36.6 Å². The highest BCUT2D eigenvalue weighted by Gasteiger charge is 2.31. The maximum absolute atomic E-state index is 12.9. The van der Waals surface area contributed by atoms with Gasteiger partial charge >= 0.3 is 12.0 Å². The second-order valence-corrected chi connectivity index (χ2v) is 8.21. The molecule has 2 aromatic carbocycles. The lowest BCUT2D eigenvalue weighted by atomic mass is 9.95. The number of hydrogen-bond acceptors (Lipinski definition) is 4. The molecule has 1 saturated heterocycles. The van der Waals surface area contributed by atoms with Crippen LogP contribution in [0.4, 0.5) is 10.5 Å². The number of anilines is 1. The predicted octanol–water partition coefficient (Wildman–Crippen LogP) is 3.31. The summed E-state index contributed by atoms with van der Waals surface area (Å²) in [5.41, 5.74) is 2.65. The molecule has 3 amide bonds. The molecule has 1 aliphatic rings. The number of likely N-dealkylation sites (tertiary alicyclic amines) is 1. The fraction of sp³-hybridized carbons (Fsp3) is 0.320. The van der Waals surface area contributed by atoms with Crippen molar-refractivity contribution >= 4 is 34.5 Å². The van der Waals surface area contributed by atoms with Gasteiger partial charge in [-0.15, -0.1) is 0 Å². The van der Waals surface area contributed by atoms with E-state index in [1.165, 1.54) is 7.11 Å². The van der Waals surface area contributed by atoms with E-state index in [0.29, 0.717) is 32.4 Å². The number of hydrogen-bond donors (Lipinski definition) is 3. The van der Waals surface area contributed by atoms with Gasteiger partial charge in [-0.3, -0.25) is 4.79 Å². The van der Waals surface area contributed by atoms with Gasteiger partial charge in [-0.2, -0.15) is 0 Å². The molecule has 0 spiro atoms. The number of rotatable bonds is 6. The van der Waals surface area contributed by atoms with Crippen LogP contribution in [0.1, 0.15) is 18.4 Å². The van der Waals surface area contributed by atoms with Crippen molar-refractivity contribution in [3.63, 3.8) is 0 Å². The van der Waals surface area contributed by atoms with Gasteiger partial charge < -0.3 is 25.3 Å². The first-order chi connectivity index (χ1) is 16.0. The number of methoxy groups -OCH3 is 1. The first kappa shape index (κ1) is 22.4. The number of carbonyl (C=O) groups is 3. The Balaban J connectivity index is 1.34. The lowest BCUT2D eigenvalue weighted by Gasteiger charge is -2.32. The van der Waals surface area contributed by atoms with Crippen LogP contribution in [-0.4, -0.2) is 54.0 Å². The largest absolute Gasteiger partial charge is 0.467 e. The molecule has 0 radical (unpaired) electrons. The first-order valence-electron chi connectivity index (χ1n) is 11.1. The summed E-state index contributed by atoms with van der Waals surface area (Å²) in [4.78, 5) is 42.7. The standard InChI is InChI=1S/C25H28N4O4/c1-33-24(31)22(15-18-16-26-21-10-6-5-9-20(18)21)28-23(30)17-11-13-29(14-12-17)25(32)27-19-7-3-2-4-8-19/h2-10,16-17,22,26H,11-15H2,1H3,(H,27,32)(H,28,30)/t22-/m0/s1. The maximum Gasteiger partial charge on any atom is 0.328 e. The number of fused-ring (bicyclic) bond motifs is 1. The molecule has 0 aliphatic carbocycles. The second-order valence-electron chi connectivity index (χ2n) is 8.21. The van der Waals surface area contributed by atoms with Crippen molar-refractivity contribution in [2.75, 3.05) is 25.5 Å². The molecule has 3 N–H and O–H groups in total. The van der Waals surface area contributed by atoms with E-state index in [2.05, 4.69) is 15.6 Å². The van der Waals surface area contributed by atoms with Crippen LogP contribution in [-0.2, 0) is 20.7 Å². The summed E-state index contributed by atoms with van der Waals surface area (Å²) in [6.45, 7) is 0.949. The van der Waals surface area contributed by atoms with Crippen LogP contribution in [0.25, 0.3) is 10.9 Å². The Morgan fingerprint density at radius 3 is 2.48 bits per heavy atom. The third kappa shape index (κ3) is 5.34. The third-order valence-corrected chi connectivity index (χ3v) is 6.08. The molecule has 8 nitrogen and oxygen atoms in total. The van der Waals surface area contributed by atoms with Crippen molar-refractivity contribution in [2.24, 2.45) is 5.92 Å². The van der Waals surface area contributed by atoms with Gasteiger partial charge in [0.1, 0.15) is 6.04 Å². The Bertz CT molecular complexity index is 1120. The smallest absolute Gasteiger partial charge is 0.328 e. The number of carbonyl (C=O) groups excluding carboxylic acids is 3. The molecule has 0 unspecified atom stereocenters. The molecular weight excluding hydrogens is 420 g/mol. The zero-order valence-corrected chi connectivity index (χ0v) is 18.5. The highest BCUT2D eigenvalue weighted by molar-refractivity contribution is 5.90. The fourth-order valence-corrected chi connectivity index (χ4v) is 4.21. The van der Waals surface area contributed by atoms with Gasteiger partial charge in [-0.25, -0.2) is 9.59 Å². The molecule has 0 saturated carbocycles. The zero-order valence-electron chi connectivity index (χ0n) is 18.5. The maximum atomic E-state index is 12.9. The normalized spacial score (nSPS) is 15.1. The van der Waals surface area contributed by atoms with Crippen LogP contribution in [0.3, 0.4) is 0 Å². The van der Waals surface area contributed by atoms with Crippen LogP contribution in [0.5, 0.6) is 0 Å². The predicted molar refractivity (Wildman–Crippen MR) is 126 cm³/mol. The number of nitrogens with one attached hydrogen (secondary N) is 3. The molecule has 3 aromatic rings. The van der Waals surface area contributed by atoms with Crippen molar-refractivity contribution in [3.05, 3.63) is 66.4 Å². The van der Waals surface area contributed by atoms with Crippen molar-refractivity contribution in [1.82, 2.24) is 15.2 Å². The number of aromatic nitrogens is 1. The quantitative estimate of drug-likeness (QED) is 0.503. The van der Waals surface area contributed by atoms with E-state index in [1.807, 2.05) is 60.8 Å². The van der Waals surface area contributed by atoms with Crippen molar-refractivity contribution < 1.29 is 19.1 Å². The SMILES string of the molecule is COC(=O)[C@H](Cc1c[nH]c2ccccc12)NC(=O)C1CCN(C(=O)Nc2ccccc2)CC1. The van der Waals surface area contributed by atoms with Crippen LogP contribution in [0.15, 0.2) is 60.8 Å². The number of piperidine rings is 1. The summed E-state index contributed by atoms with van der Waals surface area (Å²) < 4.78 is 4.94. The van der Waals surface area contributed by atoms with E-state index in [1.54, 1.807) is 4.90 Å². The van der Waals surface area contributed by atoms with Crippen molar-refractivity contribution in [3.8, 4) is 0 Å². The Hall–Kier alpha value is -3.81. The zero-order chi connectivity index (χ0) is 23.2. The number of esters is 1. The topological polar surface area (TPSA) is 104 Å². The number of H-pyrrole nitrogens is 1. The summed E-state index contributed by atoms with van der Waals surface area (Å²) in [6.07, 6.45) is 3.27. The van der Waals surface area contributed by atoms with E-state index in [4.69, 9.17) is 4.74 Å². The van der Waals surface area contributed by atoms with E-state index >= 15 is 0 Å². The van der Waals surface area contributed by atoms with Crippen LogP contribution in [0.2, 0.25) is 0 Å². The molecule has 33 heavy (non-hydrogen) atoms. The highest BCUT2D eigenvalue weighted by atomic mass is 16.5. The minimum Gasteiger partial charge on any atom is -0.467 e. The lowest BCUT2D eigenvalue weighted by Crippen LogP contribution is -2.49. The molecule has 8 heteroatoms. The van der Waals surface area contributed by atoms with E-state index in [-0.39, 0.29) is 17.9 Å².